The molecule has 0 saturated carbocycles. The van der Waals surface area contributed by atoms with Gasteiger partial charge in [0.1, 0.15) is 11.8 Å². The zero-order valence-corrected chi connectivity index (χ0v) is 18.2. The molecule has 0 fully saturated rings. The average molecular weight is 427 g/mol. The maximum Gasteiger partial charge on any atom is 0.326 e. The Bertz CT molecular complexity index is 1050. The summed E-state index contributed by atoms with van der Waals surface area (Å²) in [6.45, 7) is 2.50. The molecule has 158 valence electrons. The van der Waals surface area contributed by atoms with E-state index in [2.05, 4.69) is 9.88 Å². The summed E-state index contributed by atoms with van der Waals surface area (Å²) in [4.78, 5) is 24.8. The van der Waals surface area contributed by atoms with Crippen molar-refractivity contribution in [1.82, 2.24) is 9.88 Å². The minimum atomic E-state index is -1.03. The van der Waals surface area contributed by atoms with Crippen molar-refractivity contribution in [3.63, 3.8) is 0 Å². The van der Waals surface area contributed by atoms with Gasteiger partial charge in [0.2, 0.25) is 0 Å². The van der Waals surface area contributed by atoms with Crippen molar-refractivity contribution in [1.29, 1.82) is 0 Å². The molecule has 2 N–H and O–H groups in total. The molecule has 0 aliphatic carbocycles. The molecule has 0 spiro atoms. The molecular formula is C23H26N2O4S. The highest BCUT2D eigenvalue weighted by molar-refractivity contribution is 7.98. The normalized spacial score (nSPS) is 12.0. The van der Waals surface area contributed by atoms with Crippen LogP contribution in [0, 0.1) is 6.92 Å². The molecule has 1 heterocycles. The smallest absolute Gasteiger partial charge is 0.326 e. The number of methoxy groups -OCH3 is 1. The molecule has 0 radical (unpaired) electrons. The minimum Gasteiger partial charge on any atom is -0.497 e. The van der Waals surface area contributed by atoms with E-state index in [1.54, 1.807) is 18.9 Å². The third-order valence-corrected chi connectivity index (χ3v) is 5.80. The molecule has 6 nitrogen and oxygen atoms in total. The van der Waals surface area contributed by atoms with Crippen LogP contribution in [0.2, 0.25) is 0 Å². The number of fused-ring (bicyclic) bond motifs is 1. The Morgan fingerprint density at radius 1 is 1.20 bits per heavy atom. The number of benzene rings is 2. The molecule has 0 aliphatic heterocycles. The first kappa shape index (κ1) is 21.8. The van der Waals surface area contributed by atoms with E-state index in [1.165, 1.54) is 0 Å². The molecule has 0 bridgehead atoms. The van der Waals surface area contributed by atoms with Crippen LogP contribution in [-0.2, 0) is 11.3 Å². The second-order valence-corrected chi connectivity index (χ2v) is 8.05. The van der Waals surface area contributed by atoms with Crippen molar-refractivity contribution < 1.29 is 19.4 Å². The number of thioether (sulfide) groups is 1. The lowest BCUT2D eigenvalue weighted by atomic mass is 10.1. The van der Waals surface area contributed by atoms with Crippen LogP contribution in [0.15, 0.2) is 48.5 Å². The molecule has 1 unspecified atom stereocenters. The van der Waals surface area contributed by atoms with E-state index < -0.39 is 12.0 Å². The van der Waals surface area contributed by atoms with Gasteiger partial charge in [-0.05, 0) is 49.1 Å². The fourth-order valence-electron chi connectivity index (χ4n) is 3.57. The van der Waals surface area contributed by atoms with Crippen molar-refractivity contribution in [3.05, 3.63) is 65.4 Å². The van der Waals surface area contributed by atoms with Crippen LogP contribution < -0.4 is 10.1 Å². The third kappa shape index (κ3) is 4.62. The van der Waals surface area contributed by atoms with Gasteiger partial charge in [0.05, 0.1) is 12.7 Å². The number of amides is 1. The molecule has 7 heteroatoms. The lowest BCUT2D eigenvalue weighted by Crippen LogP contribution is -2.41. The number of aliphatic carboxylic acids is 1. The van der Waals surface area contributed by atoms with Crippen LogP contribution in [0.25, 0.3) is 10.9 Å². The Hall–Kier alpha value is -2.93. The van der Waals surface area contributed by atoms with Gasteiger partial charge < -0.3 is 19.7 Å². The topological polar surface area (TPSA) is 80.6 Å². The highest BCUT2D eigenvalue weighted by Gasteiger charge is 2.25. The van der Waals surface area contributed by atoms with Crippen LogP contribution in [0.1, 0.15) is 28.0 Å². The average Bonchev–Trinajstić information content (AvgIpc) is 3.02. The van der Waals surface area contributed by atoms with E-state index >= 15 is 0 Å². The molecule has 0 saturated heterocycles. The first-order valence-electron chi connectivity index (χ1n) is 9.69. The van der Waals surface area contributed by atoms with Crippen LogP contribution in [-0.4, -0.2) is 46.7 Å². The molecule has 1 amide bonds. The van der Waals surface area contributed by atoms with Crippen LogP contribution in [0.5, 0.6) is 5.75 Å². The predicted octanol–water partition coefficient (Wildman–Crippen LogP) is 3.94. The molecule has 0 aliphatic rings. The van der Waals surface area contributed by atoms with Gasteiger partial charge in [-0.25, -0.2) is 4.79 Å². The number of rotatable bonds is 9. The number of carboxylic acids is 1. The van der Waals surface area contributed by atoms with E-state index in [9.17, 15) is 14.7 Å². The number of aromatic nitrogens is 1. The van der Waals surface area contributed by atoms with Gasteiger partial charge in [0.25, 0.3) is 5.91 Å². The van der Waals surface area contributed by atoms with Gasteiger partial charge in [-0.1, -0.05) is 30.3 Å². The summed E-state index contributed by atoms with van der Waals surface area (Å²) in [6.07, 6.45) is 2.28. The highest BCUT2D eigenvalue weighted by atomic mass is 32.2. The first-order valence-corrected chi connectivity index (χ1v) is 11.1. The molecule has 3 rings (SSSR count). The summed E-state index contributed by atoms with van der Waals surface area (Å²) in [5, 5.41) is 13.0. The Labute approximate surface area is 180 Å². The zero-order valence-electron chi connectivity index (χ0n) is 17.3. The fraction of sp³-hybridized carbons (Fsp3) is 0.304. The van der Waals surface area contributed by atoms with Gasteiger partial charge in [0.15, 0.2) is 0 Å². The van der Waals surface area contributed by atoms with Gasteiger partial charge >= 0.3 is 5.97 Å². The number of hydrogen-bond donors (Lipinski definition) is 2. The van der Waals surface area contributed by atoms with Gasteiger partial charge in [-0.15, -0.1) is 0 Å². The Kier molecular flexibility index (Phi) is 7.05. The fourth-order valence-corrected chi connectivity index (χ4v) is 4.04. The standard InChI is InChI=1S/C23H26N2O4S/c1-15-21(22(26)24-19(23(27)28)11-12-30-3)18-13-17(29-2)9-10-20(18)25(15)14-16-7-5-4-6-8-16/h4-10,13,19H,11-12,14H2,1-3H3,(H,24,26)(H,27,28). The highest BCUT2D eigenvalue weighted by Crippen LogP contribution is 2.30. The number of carbonyl (C=O) groups is 2. The Morgan fingerprint density at radius 2 is 1.93 bits per heavy atom. The number of nitrogens with one attached hydrogen (secondary N) is 1. The lowest BCUT2D eigenvalue weighted by molar-refractivity contribution is -0.139. The van der Waals surface area contributed by atoms with E-state index in [0.717, 1.165) is 22.2 Å². The zero-order chi connectivity index (χ0) is 21.7. The summed E-state index contributed by atoms with van der Waals surface area (Å²) >= 11 is 1.55. The second kappa shape index (κ2) is 9.71. The molecule has 2 aromatic carbocycles. The SMILES string of the molecule is COc1ccc2c(c1)c(C(=O)NC(CCSC)C(=O)O)c(C)n2Cc1ccccc1. The van der Waals surface area contributed by atoms with Crippen molar-refractivity contribution in [2.45, 2.75) is 25.9 Å². The molecule has 30 heavy (non-hydrogen) atoms. The maximum atomic E-state index is 13.2. The minimum absolute atomic E-state index is 0.368. The molecule has 1 atom stereocenters. The monoisotopic (exact) mass is 426 g/mol. The van der Waals surface area contributed by atoms with Crippen molar-refractivity contribution >= 4 is 34.5 Å². The number of carbonyl (C=O) groups excluding carboxylic acids is 1. The Morgan fingerprint density at radius 3 is 2.57 bits per heavy atom. The lowest BCUT2D eigenvalue weighted by Gasteiger charge is -2.14. The van der Waals surface area contributed by atoms with E-state index in [0.29, 0.717) is 30.0 Å². The van der Waals surface area contributed by atoms with Crippen molar-refractivity contribution in [2.24, 2.45) is 0 Å². The van der Waals surface area contributed by atoms with E-state index in [1.807, 2.05) is 61.7 Å². The largest absolute Gasteiger partial charge is 0.497 e. The first-order chi connectivity index (χ1) is 14.5. The van der Waals surface area contributed by atoms with Crippen molar-refractivity contribution in [2.75, 3.05) is 19.1 Å². The molecule has 1 aromatic heterocycles. The third-order valence-electron chi connectivity index (χ3n) is 5.16. The summed E-state index contributed by atoms with van der Waals surface area (Å²) < 4.78 is 7.44. The Balaban J connectivity index is 2.05. The summed E-state index contributed by atoms with van der Waals surface area (Å²) in [7, 11) is 1.58. The number of nitrogens with zero attached hydrogens (tertiary/aromatic N) is 1. The van der Waals surface area contributed by atoms with Gasteiger partial charge in [0, 0.05) is 23.1 Å². The quantitative estimate of drug-likeness (QED) is 0.542. The van der Waals surface area contributed by atoms with E-state index in [-0.39, 0.29) is 5.91 Å². The van der Waals surface area contributed by atoms with Gasteiger partial charge in [-0.2, -0.15) is 11.8 Å². The molecule has 3 aromatic rings. The number of carboxylic acid groups (broad SMARTS) is 1. The second-order valence-electron chi connectivity index (χ2n) is 7.06. The number of ether oxygens (including phenoxy) is 1. The molecular weight excluding hydrogens is 400 g/mol. The maximum absolute atomic E-state index is 13.2. The predicted molar refractivity (Wildman–Crippen MR) is 121 cm³/mol. The summed E-state index contributed by atoms with van der Waals surface area (Å²) in [6, 6.07) is 14.7. The van der Waals surface area contributed by atoms with Crippen molar-refractivity contribution in [3.8, 4) is 5.75 Å². The van der Waals surface area contributed by atoms with Gasteiger partial charge in [-0.3, -0.25) is 4.79 Å². The summed E-state index contributed by atoms with van der Waals surface area (Å²) in [5.74, 6) is -0.114. The van der Waals surface area contributed by atoms with Crippen LogP contribution in [0.3, 0.4) is 0 Å². The van der Waals surface area contributed by atoms with E-state index in [4.69, 9.17) is 4.74 Å². The summed E-state index contributed by atoms with van der Waals surface area (Å²) in [5.41, 5.74) is 3.28. The van der Waals surface area contributed by atoms with Crippen LogP contribution >= 0.6 is 11.8 Å². The number of hydrogen-bond acceptors (Lipinski definition) is 4. The van der Waals surface area contributed by atoms with Crippen LogP contribution in [0.4, 0.5) is 0 Å².